The first-order chi connectivity index (χ1) is 30.8. The van der Waals surface area contributed by atoms with Gasteiger partial charge in [0.2, 0.25) is 0 Å². The van der Waals surface area contributed by atoms with E-state index in [-0.39, 0.29) is 0 Å². The minimum absolute atomic E-state index is 1.08. The van der Waals surface area contributed by atoms with E-state index in [1.54, 1.807) is 0 Å². The standard InChI is InChI=1S/C30H18Br2N2.C18H10Br2N2.C6H5I/c31-19-11-15-27-25(17-19)23-13-14-24-26-18-20(32)12-16-28(26)34(22-9-5-2-6-10-22)30(24)29(23)33(27)21-7-3-1-4-8-21;19-9-1-5-15-13(7-9)11-3-4-12-14-8-10(20)2-6-16(14)22-18(12)17(11)21-15;7-6-4-2-1-3-5-6/h1-18H;1-8,21-22H;1-5H. The molecule has 63 heavy (non-hydrogen) atoms. The van der Waals surface area contributed by atoms with Crippen LogP contribution in [0.2, 0.25) is 0 Å². The number of benzene rings is 9. The Morgan fingerprint density at radius 3 is 1.06 bits per heavy atom. The summed E-state index contributed by atoms with van der Waals surface area (Å²) in [5.74, 6) is 0. The maximum Gasteiger partial charge on any atom is 0.0788 e. The van der Waals surface area contributed by atoms with Crippen molar-refractivity contribution < 1.29 is 0 Å². The number of aromatic amines is 2. The lowest BCUT2D eigenvalue weighted by molar-refractivity contribution is 1.15. The molecule has 0 saturated carbocycles. The molecule has 0 unspecified atom stereocenters. The molecule has 0 aliphatic heterocycles. The molecule has 0 amide bonds. The highest BCUT2D eigenvalue weighted by atomic mass is 127. The summed E-state index contributed by atoms with van der Waals surface area (Å²) in [5, 5.41) is 9.93. The number of nitrogens with zero attached hydrogens (tertiary/aromatic N) is 2. The summed E-state index contributed by atoms with van der Waals surface area (Å²) in [7, 11) is 0. The molecule has 13 rings (SSSR count). The van der Waals surface area contributed by atoms with Gasteiger partial charge in [-0.1, -0.05) is 143 Å². The van der Waals surface area contributed by atoms with Gasteiger partial charge in [0.25, 0.3) is 0 Å². The van der Waals surface area contributed by atoms with Gasteiger partial charge in [-0.2, -0.15) is 0 Å². The Balaban J connectivity index is 0.000000130. The van der Waals surface area contributed by atoms with Crippen LogP contribution in [0.25, 0.3) is 98.6 Å². The third-order valence-electron chi connectivity index (χ3n) is 11.6. The van der Waals surface area contributed by atoms with Gasteiger partial charge < -0.3 is 19.1 Å². The van der Waals surface area contributed by atoms with Crippen LogP contribution in [0.5, 0.6) is 0 Å². The molecule has 0 aliphatic carbocycles. The van der Waals surface area contributed by atoms with Gasteiger partial charge in [0.1, 0.15) is 0 Å². The van der Waals surface area contributed by atoms with Gasteiger partial charge in [0.15, 0.2) is 0 Å². The van der Waals surface area contributed by atoms with Gasteiger partial charge >= 0.3 is 0 Å². The van der Waals surface area contributed by atoms with E-state index in [1.807, 2.05) is 18.2 Å². The molecule has 0 fully saturated rings. The Hall–Kier alpha value is -5.17. The first-order valence-corrected chi connectivity index (χ1v) is 24.5. The quantitative estimate of drug-likeness (QED) is 0.162. The molecule has 0 aliphatic rings. The van der Waals surface area contributed by atoms with Crippen LogP contribution in [0.1, 0.15) is 0 Å². The van der Waals surface area contributed by atoms with Crippen molar-refractivity contribution in [3.63, 3.8) is 0 Å². The lowest BCUT2D eigenvalue weighted by Gasteiger charge is -2.12. The Labute approximate surface area is 409 Å². The summed E-state index contributed by atoms with van der Waals surface area (Å²) >= 11 is 16.8. The van der Waals surface area contributed by atoms with Crippen LogP contribution in [0.3, 0.4) is 0 Å². The van der Waals surface area contributed by atoms with Crippen molar-refractivity contribution in [1.82, 2.24) is 19.1 Å². The Morgan fingerprint density at radius 1 is 0.333 bits per heavy atom. The summed E-state index contributed by atoms with van der Waals surface area (Å²) in [6.45, 7) is 0. The van der Waals surface area contributed by atoms with Crippen LogP contribution < -0.4 is 0 Å². The van der Waals surface area contributed by atoms with Crippen LogP contribution in [-0.4, -0.2) is 19.1 Å². The van der Waals surface area contributed by atoms with E-state index >= 15 is 0 Å². The molecule has 0 bridgehead atoms. The van der Waals surface area contributed by atoms with Crippen LogP contribution in [0.4, 0.5) is 0 Å². The van der Waals surface area contributed by atoms with E-state index in [2.05, 4.69) is 275 Å². The van der Waals surface area contributed by atoms with Crippen molar-refractivity contribution in [3.05, 3.63) is 210 Å². The minimum atomic E-state index is 1.08. The van der Waals surface area contributed by atoms with Gasteiger partial charge in [-0.25, -0.2) is 0 Å². The monoisotopic (exact) mass is 1180 g/mol. The first kappa shape index (κ1) is 40.6. The SMILES string of the molecule is Brc1ccc2[nH]c3c(ccc4c5cc(Br)ccc5[nH]c43)c2c1.Brc1ccc2c(c1)c1ccc3c4cc(Br)ccc4n(-c4ccccc4)c3c1n2-c1ccccc1.Ic1ccccc1. The van der Waals surface area contributed by atoms with Crippen molar-refractivity contribution in [1.29, 1.82) is 0 Å². The molecule has 0 spiro atoms. The number of H-pyrrole nitrogens is 2. The second kappa shape index (κ2) is 16.8. The smallest absolute Gasteiger partial charge is 0.0788 e. The Morgan fingerprint density at radius 2 is 0.683 bits per heavy atom. The molecular weight excluding hydrogens is 1150 g/mol. The molecule has 4 heterocycles. The molecule has 0 radical (unpaired) electrons. The maximum absolute atomic E-state index is 3.70. The fourth-order valence-electron chi connectivity index (χ4n) is 8.93. The minimum Gasteiger partial charge on any atom is -0.353 e. The predicted octanol–water partition coefficient (Wildman–Crippen LogP) is 18.2. The molecule has 304 valence electrons. The lowest BCUT2D eigenvalue weighted by Crippen LogP contribution is -1.98. The number of rotatable bonds is 2. The molecule has 4 aromatic heterocycles. The molecule has 13 aromatic rings. The molecule has 9 aromatic carbocycles. The highest BCUT2D eigenvalue weighted by Crippen LogP contribution is 2.43. The number of aromatic nitrogens is 4. The van der Waals surface area contributed by atoms with Crippen molar-refractivity contribution >= 4 is 174 Å². The van der Waals surface area contributed by atoms with Gasteiger partial charge in [0, 0.05) is 87.0 Å². The third-order valence-corrected chi connectivity index (χ3v) is 14.3. The van der Waals surface area contributed by atoms with Crippen molar-refractivity contribution in [2.75, 3.05) is 0 Å². The Bertz CT molecular complexity index is 3620. The zero-order chi connectivity index (χ0) is 42.8. The average molecular weight is 1180 g/mol. The number of hydrogen-bond acceptors (Lipinski definition) is 0. The Kier molecular flexibility index (Phi) is 10.8. The fourth-order valence-corrected chi connectivity index (χ4v) is 10.8. The van der Waals surface area contributed by atoms with Crippen molar-refractivity contribution in [2.45, 2.75) is 0 Å². The number of nitrogens with one attached hydrogen (secondary N) is 2. The summed E-state index contributed by atoms with van der Waals surface area (Å²) in [6.07, 6.45) is 0. The van der Waals surface area contributed by atoms with E-state index in [0.29, 0.717) is 0 Å². The van der Waals surface area contributed by atoms with Crippen LogP contribution in [-0.2, 0) is 0 Å². The highest BCUT2D eigenvalue weighted by Gasteiger charge is 2.21. The van der Waals surface area contributed by atoms with Crippen molar-refractivity contribution in [2.24, 2.45) is 0 Å². The van der Waals surface area contributed by atoms with Gasteiger partial charge in [0.05, 0.1) is 33.1 Å². The zero-order valence-corrected chi connectivity index (χ0v) is 41.7. The van der Waals surface area contributed by atoms with Crippen molar-refractivity contribution in [3.8, 4) is 11.4 Å². The lowest BCUT2D eigenvalue weighted by atomic mass is 10.1. The second-order valence-electron chi connectivity index (χ2n) is 15.4. The van der Waals surface area contributed by atoms with Crippen LogP contribution >= 0.6 is 86.3 Å². The number of hydrogen-bond donors (Lipinski definition) is 2. The average Bonchev–Trinajstić information content (AvgIpc) is 4.05. The maximum atomic E-state index is 3.70. The predicted molar refractivity (Wildman–Crippen MR) is 290 cm³/mol. The van der Waals surface area contributed by atoms with E-state index in [0.717, 1.165) is 51.3 Å². The zero-order valence-electron chi connectivity index (χ0n) is 33.2. The summed E-state index contributed by atoms with van der Waals surface area (Å²) in [5.41, 5.74) is 11.8. The van der Waals surface area contributed by atoms with E-state index in [1.165, 1.54) is 68.7 Å². The molecule has 0 atom stereocenters. The topological polar surface area (TPSA) is 41.4 Å². The van der Waals surface area contributed by atoms with Gasteiger partial charge in [-0.3, -0.25) is 0 Å². The largest absolute Gasteiger partial charge is 0.353 e. The van der Waals surface area contributed by atoms with E-state index in [9.17, 15) is 0 Å². The van der Waals surface area contributed by atoms with Gasteiger partial charge in [-0.05, 0) is 132 Å². The third kappa shape index (κ3) is 7.31. The normalized spacial score (nSPS) is 11.6. The van der Waals surface area contributed by atoms with E-state index in [4.69, 9.17) is 0 Å². The van der Waals surface area contributed by atoms with Crippen LogP contribution in [0, 0.1) is 3.57 Å². The number of fused-ring (bicyclic) bond motifs is 14. The summed E-state index contributed by atoms with van der Waals surface area (Å²) in [4.78, 5) is 7.12. The summed E-state index contributed by atoms with van der Waals surface area (Å²) < 4.78 is 10.5. The molecular formula is C54H33Br4IN4. The van der Waals surface area contributed by atoms with Gasteiger partial charge in [-0.15, -0.1) is 0 Å². The van der Waals surface area contributed by atoms with E-state index < -0.39 is 0 Å². The molecule has 0 saturated heterocycles. The molecule has 9 heteroatoms. The first-order valence-electron chi connectivity index (χ1n) is 20.3. The number of halogens is 5. The number of para-hydroxylation sites is 2. The fraction of sp³-hybridized carbons (Fsp3) is 0. The highest BCUT2D eigenvalue weighted by molar-refractivity contribution is 14.1. The molecule has 2 N–H and O–H groups in total. The second-order valence-corrected chi connectivity index (χ2v) is 20.3. The molecule has 4 nitrogen and oxygen atoms in total. The summed E-state index contributed by atoms with van der Waals surface area (Å²) in [6, 6.07) is 66.3. The van der Waals surface area contributed by atoms with Crippen LogP contribution in [0.15, 0.2) is 206 Å².